The number of halogens is 2. The van der Waals surface area contributed by atoms with Crippen LogP contribution >= 0.6 is 27.5 Å². The summed E-state index contributed by atoms with van der Waals surface area (Å²) < 4.78 is 7.06. The molecule has 1 amide bonds. The second kappa shape index (κ2) is 10.4. The number of ether oxygens (including phenoxy) is 1. The Hall–Kier alpha value is -3.15. The first kappa shape index (κ1) is 22.1. The smallest absolute Gasteiger partial charge is 0.244 e. The molecule has 1 N–H and O–H groups in total. The number of amides is 1. The molecular formula is C26H20BrClN2O2. The number of hydrogen-bond acceptors (Lipinski definition) is 3. The van der Waals surface area contributed by atoms with Crippen molar-refractivity contribution in [2.45, 2.75) is 13.0 Å². The molecule has 0 radical (unpaired) electrons. The van der Waals surface area contributed by atoms with Crippen LogP contribution in [-0.4, -0.2) is 12.1 Å². The van der Waals surface area contributed by atoms with E-state index < -0.39 is 0 Å². The molecule has 0 spiro atoms. The summed E-state index contributed by atoms with van der Waals surface area (Å²) in [6.45, 7) is 0.328. The number of hydrazone groups is 1. The SMILES string of the molecule is O=C(Cc1ccc(Br)cc1)N/N=C\c1c(OCc2ccccc2Cl)ccc2ccccc12. The van der Waals surface area contributed by atoms with Crippen molar-refractivity contribution in [1.29, 1.82) is 0 Å². The highest BCUT2D eigenvalue weighted by molar-refractivity contribution is 9.10. The van der Waals surface area contributed by atoms with E-state index in [1.807, 2.05) is 84.9 Å². The fourth-order valence-corrected chi connectivity index (χ4v) is 3.76. The highest BCUT2D eigenvalue weighted by Crippen LogP contribution is 2.28. The van der Waals surface area contributed by atoms with E-state index >= 15 is 0 Å². The minimum absolute atomic E-state index is 0.192. The minimum Gasteiger partial charge on any atom is -0.488 e. The molecule has 160 valence electrons. The standard InChI is InChI=1S/C26H20BrClN2O2/c27-21-12-9-18(10-13-21)15-26(31)30-29-16-23-22-7-3-1-5-19(22)11-14-25(23)32-17-20-6-2-4-8-24(20)28/h1-14,16H,15,17H2,(H,30,31)/b29-16-. The number of benzene rings is 4. The highest BCUT2D eigenvalue weighted by atomic mass is 79.9. The first-order chi connectivity index (χ1) is 15.6. The molecule has 0 aliphatic rings. The van der Waals surface area contributed by atoms with E-state index in [2.05, 4.69) is 26.5 Å². The predicted octanol–water partition coefficient (Wildman–Crippen LogP) is 6.53. The second-order valence-corrected chi connectivity index (χ2v) is 8.50. The van der Waals surface area contributed by atoms with Crippen molar-refractivity contribution in [1.82, 2.24) is 5.43 Å². The molecule has 4 aromatic carbocycles. The molecule has 6 heteroatoms. The van der Waals surface area contributed by atoms with Crippen molar-refractivity contribution in [3.63, 3.8) is 0 Å². The van der Waals surface area contributed by atoms with Gasteiger partial charge in [-0.15, -0.1) is 0 Å². The van der Waals surface area contributed by atoms with Gasteiger partial charge in [0.25, 0.3) is 0 Å². The van der Waals surface area contributed by atoms with Crippen molar-refractivity contribution < 1.29 is 9.53 Å². The zero-order valence-electron chi connectivity index (χ0n) is 17.1. The van der Waals surface area contributed by atoms with Gasteiger partial charge >= 0.3 is 0 Å². The lowest BCUT2D eigenvalue weighted by Crippen LogP contribution is -2.19. The Morgan fingerprint density at radius 2 is 1.72 bits per heavy atom. The van der Waals surface area contributed by atoms with Gasteiger partial charge in [0.15, 0.2) is 0 Å². The van der Waals surface area contributed by atoms with Crippen molar-refractivity contribution in [2.75, 3.05) is 0 Å². The number of nitrogens with one attached hydrogen (secondary N) is 1. The Kier molecular flexibility index (Phi) is 7.20. The molecule has 0 atom stereocenters. The van der Waals surface area contributed by atoms with Gasteiger partial charge in [-0.2, -0.15) is 5.10 Å². The highest BCUT2D eigenvalue weighted by Gasteiger charge is 2.09. The van der Waals surface area contributed by atoms with E-state index in [-0.39, 0.29) is 12.3 Å². The maximum absolute atomic E-state index is 12.3. The summed E-state index contributed by atoms with van der Waals surface area (Å²) in [6, 6.07) is 27.1. The summed E-state index contributed by atoms with van der Waals surface area (Å²) in [7, 11) is 0. The number of rotatable bonds is 7. The zero-order valence-corrected chi connectivity index (χ0v) is 19.4. The first-order valence-corrected chi connectivity index (χ1v) is 11.2. The van der Waals surface area contributed by atoms with Gasteiger partial charge < -0.3 is 4.74 Å². The maximum atomic E-state index is 12.3. The predicted molar refractivity (Wildman–Crippen MR) is 133 cm³/mol. The van der Waals surface area contributed by atoms with Crippen LogP contribution in [0.2, 0.25) is 5.02 Å². The van der Waals surface area contributed by atoms with E-state index in [1.54, 1.807) is 6.21 Å². The molecule has 0 bridgehead atoms. The molecule has 0 aliphatic heterocycles. The molecule has 0 fully saturated rings. The van der Waals surface area contributed by atoms with E-state index in [4.69, 9.17) is 16.3 Å². The third-order valence-corrected chi connectivity index (χ3v) is 5.83. The molecule has 0 unspecified atom stereocenters. The van der Waals surface area contributed by atoms with Gasteiger partial charge in [-0.3, -0.25) is 4.79 Å². The Bertz CT molecular complexity index is 1270. The molecule has 0 heterocycles. The van der Waals surface area contributed by atoms with Gasteiger partial charge in [-0.25, -0.2) is 5.43 Å². The lowest BCUT2D eigenvalue weighted by molar-refractivity contribution is -0.120. The van der Waals surface area contributed by atoms with Crippen LogP contribution < -0.4 is 10.2 Å². The fourth-order valence-electron chi connectivity index (χ4n) is 3.30. The van der Waals surface area contributed by atoms with Crippen molar-refractivity contribution >= 4 is 50.4 Å². The molecule has 0 aromatic heterocycles. The van der Waals surface area contributed by atoms with Gasteiger partial charge in [-0.1, -0.05) is 88.2 Å². The Balaban J connectivity index is 1.53. The van der Waals surface area contributed by atoms with E-state index in [1.165, 1.54) is 0 Å². The molecule has 4 aromatic rings. The van der Waals surface area contributed by atoms with Crippen LogP contribution in [0, 0.1) is 0 Å². The second-order valence-electron chi connectivity index (χ2n) is 7.18. The summed E-state index contributed by atoms with van der Waals surface area (Å²) in [5.41, 5.74) is 5.21. The van der Waals surface area contributed by atoms with E-state index in [9.17, 15) is 4.79 Å². The largest absolute Gasteiger partial charge is 0.488 e. The average Bonchev–Trinajstić information content (AvgIpc) is 2.81. The Morgan fingerprint density at radius 1 is 0.969 bits per heavy atom. The maximum Gasteiger partial charge on any atom is 0.244 e. The monoisotopic (exact) mass is 506 g/mol. The van der Waals surface area contributed by atoms with Gasteiger partial charge in [0, 0.05) is 20.6 Å². The quantitative estimate of drug-likeness (QED) is 0.228. The van der Waals surface area contributed by atoms with Crippen LogP contribution in [0.3, 0.4) is 0 Å². The number of carbonyl (C=O) groups excluding carboxylic acids is 1. The van der Waals surface area contributed by atoms with E-state index in [0.29, 0.717) is 17.4 Å². The first-order valence-electron chi connectivity index (χ1n) is 10.0. The third-order valence-electron chi connectivity index (χ3n) is 4.93. The van der Waals surface area contributed by atoms with Gasteiger partial charge in [0.1, 0.15) is 12.4 Å². The molecular weight excluding hydrogens is 488 g/mol. The number of carbonyl (C=O) groups is 1. The average molecular weight is 508 g/mol. The molecule has 0 saturated heterocycles. The number of hydrogen-bond donors (Lipinski definition) is 1. The summed E-state index contributed by atoms with van der Waals surface area (Å²) in [5, 5.41) is 6.89. The Morgan fingerprint density at radius 3 is 2.53 bits per heavy atom. The minimum atomic E-state index is -0.192. The van der Waals surface area contributed by atoms with Crippen molar-refractivity contribution in [3.05, 3.63) is 111 Å². The van der Waals surface area contributed by atoms with Crippen LogP contribution in [0.4, 0.5) is 0 Å². The van der Waals surface area contributed by atoms with Gasteiger partial charge in [0.05, 0.1) is 12.6 Å². The zero-order chi connectivity index (χ0) is 22.3. The Labute approximate surface area is 200 Å². The molecule has 4 rings (SSSR count). The molecule has 0 aliphatic carbocycles. The lowest BCUT2D eigenvalue weighted by Gasteiger charge is -2.12. The van der Waals surface area contributed by atoms with E-state index in [0.717, 1.165) is 31.9 Å². The van der Waals surface area contributed by atoms with Crippen LogP contribution in [0.1, 0.15) is 16.7 Å². The van der Waals surface area contributed by atoms with Crippen LogP contribution in [0.15, 0.2) is 94.5 Å². The molecule has 4 nitrogen and oxygen atoms in total. The van der Waals surface area contributed by atoms with Crippen LogP contribution in [-0.2, 0) is 17.8 Å². The van der Waals surface area contributed by atoms with Gasteiger partial charge in [0.2, 0.25) is 5.91 Å². The summed E-state index contributed by atoms with van der Waals surface area (Å²) in [6.07, 6.45) is 1.87. The van der Waals surface area contributed by atoms with Crippen LogP contribution in [0.5, 0.6) is 5.75 Å². The third kappa shape index (κ3) is 5.55. The number of fused-ring (bicyclic) bond motifs is 1. The fraction of sp³-hybridized carbons (Fsp3) is 0.0769. The summed E-state index contributed by atoms with van der Waals surface area (Å²) in [5.74, 6) is 0.469. The van der Waals surface area contributed by atoms with Crippen molar-refractivity contribution in [2.24, 2.45) is 5.10 Å². The topological polar surface area (TPSA) is 50.7 Å². The van der Waals surface area contributed by atoms with Crippen molar-refractivity contribution in [3.8, 4) is 5.75 Å². The summed E-state index contributed by atoms with van der Waals surface area (Å²) in [4.78, 5) is 12.3. The normalized spacial score (nSPS) is 11.1. The number of nitrogens with zero attached hydrogens (tertiary/aromatic N) is 1. The van der Waals surface area contributed by atoms with Crippen LogP contribution in [0.25, 0.3) is 10.8 Å². The van der Waals surface area contributed by atoms with Gasteiger partial charge in [-0.05, 0) is 40.6 Å². The molecule has 32 heavy (non-hydrogen) atoms. The lowest BCUT2D eigenvalue weighted by atomic mass is 10.0. The summed E-state index contributed by atoms with van der Waals surface area (Å²) >= 11 is 9.66. The molecule has 0 saturated carbocycles.